The summed E-state index contributed by atoms with van der Waals surface area (Å²) in [5, 5.41) is 5.85. The van der Waals surface area contributed by atoms with E-state index in [9.17, 15) is 0 Å². The summed E-state index contributed by atoms with van der Waals surface area (Å²) >= 11 is 1.61. The zero-order chi connectivity index (χ0) is 9.97. The van der Waals surface area contributed by atoms with Gasteiger partial charge in [-0.05, 0) is 30.5 Å². The van der Waals surface area contributed by atoms with E-state index in [0.717, 1.165) is 10.4 Å². The SMILES string of the molecule is Cc1ccsc1-c1nc(CCN)no1. The summed E-state index contributed by atoms with van der Waals surface area (Å²) in [5.41, 5.74) is 6.56. The van der Waals surface area contributed by atoms with Crippen LogP contribution >= 0.6 is 11.3 Å². The molecule has 2 aromatic heterocycles. The molecule has 2 heterocycles. The molecule has 0 aliphatic heterocycles. The molecule has 0 aliphatic carbocycles. The molecule has 2 aromatic rings. The van der Waals surface area contributed by atoms with Crippen LogP contribution in [-0.2, 0) is 6.42 Å². The van der Waals surface area contributed by atoms with Gasteiger partial charge in [0, 0.05) is 6.42 Å². The van der Waals surface area contributed by atoms with E-state index in [-0.39, 0.29) is 0 Å². The van der Waals surface area contributed by atoms with E-state index in [4.69, 9.17) is 10.3 Å². The maximum Gasteiger partial charge on any atom is 0.268 e. The monoisotopic (exact) mass is 209 g/mol. The summed E-state index contributed by atoms with van der Waals surface area (Å²) in [6.07, 6.45) is 0.661. The average molecular weight is 209 g/mol. The standard InChI is InChI=1S/C9H11N3OS/c1-6-3-5-14-8(6)9-11-7(2-4-10)12-13-9/h3,5H,2,4,10H2,1H3. The van der Waals surface area contributed by atoms with Crippen molar-refractivity contribution in [3.8, 4) is 10.8 Å². The van der Waals surface area contributed by atoms with E-state index in [1.165, 1.54) is 0 Å². The molecule has 0 bridgehead atoms. The lowest BCUT2D eigenvalue weighted by molar-refractivity contribution is 0.423. The fourth-order valence-electron chi connectivity index (χ4n) is 1.17. The van der Waals surface area contributed by atoms with Crippen molar-refractivity contribution < 1.29 is 4.52 Å². The Bertz CT molecular complexity index is 421. The summed E-state index contributed by atoms with van der Waals surface area (Å²) in [6, 6.07) is 2.03. The third-order valence-electron chi connectivity index (χ3n) is 1.89. The maximum atomic E-state index is 5.40. The van der Waals surface area contributed by atoms with E-state index in [1.54, 1.807) is 11.3 Å². The number of aryl methyl sites for hydroxylation is 1. The number of nitrogens with zero attached hydrogens (tertiary/aromatic N) is 2. The topological polar surface area (TPSA) is 64.9 Å². The van der Waals surface area contributed by atoms with Gasteiger partial charge in [0.2, 0.25) is 0 Å². The predicted octanol–water partition coefficient (Wildman–Crippen LogP) is 1.61. The predicted molar refractivity (Wildman–Crippen MR) is 55.1 cm³/mol. The van der Waals surface area contributed by atoms with Crippen molar-refractivity contribution in [3.05, 3.63) is 22.8 Å². The largest absolute Gasteiger partial charge is 0.333 e. The number of rotatable bonds is 3. The minimum atomic E-state index is 0.544. The highest BCUT2D eigenvalue weighted by Crippen LogP contribution is 2.27. The highest BCUT2D eigenvalue weighted by Gasteiger charge is 2.11. The van der Waals surface area contributed by atoms with Crippen LogP contribution in [0.2, 0.25) is 0 Å². The lowest BCUT2D eigenvalue weighted by Crippen LogP contribution is -2.03. The summed E-state index contributed by atoms with van der Waals surface area (Å²) < 4.78 is 5.14. The number of hydrogen-bond acceptors (Lipinski definition) is 5. The van der Waals surface area contributed by atoms with Gasteiger partial charge < -0.3 is 10.3 Å². The van der Waals surface area contributed by atoms with Gasteiger partial charge in [0.05, 0.1) is 4.88 Å². The molecule has 0 atom stereocenters. The van der Waals surface area contributed by atoms with Crippen molar-refractivity contribution in [2.45, 2.75) is 13.3 Å². The van der Waals surface area contributed by atoms with Gasteiger partial charge >= 0.3 is 0 Å². The van der Waals surface area contributed by atoms with Gasteiger partial charge in [-0.25, -0.2) is 0 Å². The highest BCUT2D eigenvalue weighted by molar-refractivity contribution is 7.13. The molecule has 2 N–H and O–H groups in total. The molecule has 0 spiro atoms. The zero-order valence-electron chi connectivity index (χ0n) is 7.86. The Labute approximate surface area is 85.7 Å². The lowest BCUT2D eigenvalue weighted by Gasteiger charge is -1.88. The van der Waals surface area contributed by atoms with E-state index in [2.05, 4.69) is 10.1 Å². The van der Waals surface area contributed by atoms with Gasteiger partial charge in [0.25, 0.3) is 5.89 Å². The lowest BCUT2D eigenvalue weighted by atomic mass is 10.3. The zero-order valence-corrected chi connectivity index (χ0v) is 8.67. The molecule has 0 saturated carbocycles. The molecule has 0 fully saturated rings. The first-order chi connectivity index (χ1) is 6.81. The number of aromatic nitrogens is 2. The first kappa shape index (κ1) is 9.36. The van der Waals surface area contributed by atoms with Crippen LogP contribution in [0.1, 0.15) is 11.4 Å². The Morgan fingerprint density at radius 2 is 2.43 bits per heavy atom. The van der Waals surface area contributed by atoms with Crippen LogP contribution in [0.4, 0.5) is 0 Å². The molecule has 0 saturated heterocycles. The molecule has 0 aromatic carbocycles. The summed E-state index contributed by atoms with van der Waals surface area (Å²) in [7, 11) is 0. The normalized spacial score (nSPS) is 10.7. The van der Waals surface area contributed by atoms with E-state index in [1.807, 2.05) is 18.4 Å². The Hall–Kier alpha value is -1.20. The van der Waals surface area contributed by atoms with Crippen LogP contribution in [0, 0.1) is 6.92 Å². The summed E-state index contributed by atoms with van der Waals surface area (Å²) in [4.78, 5) is 5.30. The quantitative estimate of drug-likeness (QED) is 0.834. The molecule has 4 nitrogen and oxygen atoms in total. The van der Waals surface area contributed by atoms with Crippen molar-refractivity contribution in [1.82, 2.24) is 10.1 Å². The first-order valence-electron chi connectivity index (χ1n) is 4.38. The summed E-state index contributed by atoms with van der Waals surface area (Å²) in [5.74, 6) is 1.27. The van der Waals surface area contributed by atoms with Crippen LogP contribution < -0.4 is 5.73 Å². The van der Waals surface area contributed by atoms with Crippen molar-refractivity contribution in [2.24, 2.45) is 5.73 Å². The number of thiophene rings is 1. The molecule has 74 valence electrons. The average Bonchev–Trinajstić information content (AvgIpc) is 2.74. The molecule has 0 radical (unpaired) electrons. The van der Waals surface area contributed by atoms with Gasteiger partial charge in [-0.1, -0.05) is 5.16 Å². The van der Waals surface area contributed by atoms with Crippen LogP contribution in [-0.4, -0.2) is 16.7 Å². The van der Waals surface area contributed by atoms with E-state index < -0.39 is 0 Å². The van der Waals surface area contributed by atoms with E-state index >= 15 is 0 Å². The molecular weight excluding hydrogens is 198 g/mol. The molecule has 0 unspecified atom stereocenters. The minimum Gasteiger partial charge on any atom is -0.333 e. The molecule has 5 heteroatoms. The third-order valence-corrected chi connectivity index (χ3v) is 2.90. The molecular formula is C9H11N3OS. The fourth-order valence-corrected chi connectivity index (χ4v) is 2.01. The molecule has 2 rings (SSSR count). The van der Waals surface area contributed by atoms with Crippen LogP contribution in [0.5, 0.6) is 0 Å². The Morgan fingerprint density at radius 3 is 3.07 bits per heavy atom. The van der Waals surface area contributed by atoms with E-state index in [0.29, 0.717) is 24.7 Å². The van der Waals surface area contributed by atoms with Crippen molar-refractivity contribution in [1.29, 1.82) is 0 Å². The third kappa shape index (κ3) is 1.69. The highest BCUT2D eigenvalue weighted by atomic mass is 32.1. The van der Waals surface area contributed by atoms with Crippen LogP contribution in [0.3, 0.4) is 0 Å². The fraction of sp³-hybridized carbons (Fsp3) is 0.333. The smallest absolute Gasteiger partial charge is 0.268 e. The van der Waals surface area contributed by atoms with Crippen molar-refractivity contribution >= 4 is 11.3 Å². The Balaban J connectivity index is 2.29. The first-order valence-corrected chi connectivity index (χ1v) is 5.26. The molecule has 0 amide bonds. The van der Waals surface area contributed by atoms with Crippen LogP contribution in [0.15, 0.2) is 16.0 Å². The van der Waals surface area contributed by atoms with Gasteiger partial charge in [-0.15, -0.1) is 11.3 Å². The second-order valence-electron chi connectivity index (χ2n) is 2.99. The maximum absolute atomic E-state index is 5.40. The second kappa shape index (κ2) is 3.89. The van der Waals surface area contributed by atoms with Crippen molar-refractivity contribution in [3.63, 3.8) is 0 Å². The van der Waals surface area contributed by atoms with Crippen LogP contribution in [0.25, 0.3) is 10.8 Å². The second-order valence-corrected chi connectivity index (χ2v) is 3.90. The van der Waals surface area contributed by atoms with Gasteiger partial charge in [0.15, 0.2) is 5.82 Å². The Morgan fingerprint density at radius 1 is 1.57 bits per heavy atom. The summed E-state index contributed by atoms with van der Waals surface area (Å²) in [6.45, 7) is 2.57. The minimum absolute atomic E-state index is 0.544. The number of nitrogens with two attached hydrogens (primary N) is 1. The Kier molecular flexibility index (Phi) is 2.60. The van der Waals surface area contributed by atoms with Gasteiger partial charge in [0.1, 0.15) is 0 Å². The molecule has 0 aliphatic rings. The van der Waals surface area contributed by atoms with Crippen molar-refractivity contribution in [2.75, 3.05) is 6.54 Å². The number of hydrogen-bond donors (Lipinski definition) is 1. The van der Waals surface area contributed by atoms with Gasteiger partial charge in [-0.2, -0.15) is 4.98 Å². The molecule has 14 heavy (non-hydrogen) atoms. The van der Waals surface area contributed by atoms with Gasteiger partial charge in [-0.3, -0.25) is 0 Å².